The zero-order valence-electron chi connectivity index (χ0n) is 10.8. The molecular formula is C15H20O3. The summed E-state index contributed by atoms with van der Waals surface area (Å²) in [6.45, 7) is 2.26. The van der Waals surface area contributed by atoms with E-state index in [4.69, 9.17) is 4.74 Å². The molecule has 2 rings (SSSR count). The van der Waals surface area contributed by atoms with E-state index >= 15 is 0 Å². The molecule has 2 atom stereocenters. The molecule has 0 saturated heterocycles. The van der Waals surface area contributed by atoms with Gasteiger partial charge >= 0.3 is 5.97 Å². The third-order valence-electron chi connectivity index (χ3n) is 3.56. The molecule has 3 heteroatoms. The zero-order chi connectivity index (χ0) is 13.0. The second-order valence-electron chi connectivity index (χ2n) is 4.81. The van der Waals surface area contributed by atoms with E-state index in [0.717, 1.165) is 24.8 Å². The van der Waals surface area contributed by atoms with E-state index in [2.05, 4.69) is 6.07 Å². The van der Waals surface area contributed by atoms with Crippen LogP contribution in [0.4, 0.5) is 0 Å². The maximum Gasteiger partial charge on any atom is 0.305 e. The van der Waals surface area contributed by atoms with Crippen molar-refractivity contribution in [2.45, 2.75) is 38.7 Å². The summed E-state index contributed by atoms with van der Waals surface area (Å²) in [5.41, 5.74) is 2.30. The Bertz CT molecular complexity index is 414. The van der Waals surface area contributed by atoms with Crippen LogP contribution < -0.4 is 0 Å². The third kappa shape index (κ3) is 2.91. The van der Waals surface area contributed by atoms with Crippen LogP contribution in [0, 0.1) is 5.92 Å². The lowest BCUT2D eigenvalue weighted by Crippen LogP contribution is -2.09. The Balaban J connectivity index is 1.81. The van der Waals surface area contributed by atoms with Gasteiger partial charge < -0.3 is 9.84 Å². The maximum atomic E-state index is 11.2. The van der Waals surface area contributed by atoms with Crippen LogP contribution in [0.5, 0.6) is 0 Å². The van der Waals surface area contributed by atoms with E-state index in [1.165, 1.54) is 5.56 Å². The van der Waals surface area contributed by atoms with Crippen LogP contribution in [0.3, 0.4) is 0 Å². The molecule has 3 nitrogen and oxygen atoms in total. The highest BCUT2D eigenvalue weighted by Gasteiger charge is 2.29. The quantitative estimate of drug-likeness (QED) is 0.815. The van der Waals surface area contributed by atoms with E-state index in [9.17, 15) is 9.90 Å². The Morgan fingerprint density at radius 2 is 2.22 bits per heavy atom. The summed E-state index contributed by atoms with van der Waals surface area (Å²) in [5, 5.41) is 10.2. The highest BCUT2D eigenvalue weighted by atomic mass is 16.5. The molecule has 0 amide bonds. The first-order valence-electron chi connectivity index (χ1n) is 6.64. The third-order valence-corrected chi connectivity index (χ3v) is 3.56. The van der Waals surface area contributed by atoms with Crippen molar-refractivity contribution in [3.05, 3.63) is 35.4 Å². The first-order chi connectivity index (χ1) is 8.72. The van der Waals surface area contributed by atoms with E-state index < -0.39 is 0 Å². The van der Waals surface area contributed by atoms with E-state index in [-0.39, 0.29) is 18.0 Å². The number of hydrogen-bond acceptors (Lipinski definition) is 3. The van der Waals surface area contributed by atoms with E-state index in [1.54, 1.807) is 0 Å². The Labute approximate surface area is 108 Å². The summed E-state index contributed by atoms with van der Waals surface area (Å²) >= 11 is 0. The molecule has 1 aliphatic rings. The predicted octanol–water partition coefficient (Wildman–Crippen LogP) is 2.63. The van der Waals surface area contributed by atoms with Crippen molar-refractivity contribution in [1.82, 2.24) is 0 Å². The monoisotopic (exact) mass is 248 g/mol. The van der Waals surface area contributed by atoms with Crippen LogP contribution in [0.2, 0.25) is 0 Å². The molecule has 1 aliphatic carbocycles. The second kappa shape index (κ2) is 6.01. The first kappa shape index (κ1) is 13.1. The standard InChI is InChI=1S/C15H20O3/c1-2-18-14(16)9-5-7-12-10-11-6-3-4-8-13(11)15(12)17/h3-4,6,8,12,15,17H,2,5,7,9-10H2,1H3/t12-,15+/m1/s1. The van der Waals surface area contributed by atoms with Crippen molar-refractivity contribution in [2.75, 3.05) is 6.61 Å². The fraction of sp³-hybridized carbons (Fsp3) is 0.533. The number of rotatable bonds is 5. The van der Waals surface area contributed by atoms with Crippen molar-refractivity contribution < 1.29 is 14.6 Å². The SMILES string of the molecule is CCOC(=O)CCC[C@@H]1Cc2ccccc2[C@H]1O. The summed E-state index contributed by atoms with van der Waals surface area (Å²) in [4.78, 5) is 11.2. The van der Waals surface area contributed by atoms with Crippen LogP contribution in [0.1, 0.15) is 43.4 Å². The number of carbonyl (C=O) groups excluding carboxylic acids is 1. The minimum absolute atomic E-state index is 0.137. The van der Waals surface area contributed by atoms with Gasteiger partial charge in [-0.15, -0.1) is 0 Å². The van der Waals surface area contributed by atoms with E-state index in [0.29, 0.717) is 13.0 Å². The van der Waals surface area contributed by atoms with Gasteiger partial charge in [-0.2, -0.15) is 0 Å². The molecule has 0 saturated carbocycles. The molecule has 0 spiro atoms. The minimum atomic E-state index is -0.372. The minimum Gasteiger partial charge on any atom is -0.466 e. The van der Waals surface area contributed by atoms with Crippen molar-refractivity contribution in [2.24, 2.45) is 5.92 Å². The Morgan fingerprint density at radius 1 is 1.44 bits per heavy atom. The highest BCUT2D eigenvalue weighted by Crippen LogP contribution is 2.38. The highest BCUT2D eigenvalue weighted by molar-refractivity contribution is 5.69. The average molecular weight is 248 g/mol. The molecular weight excluding hydrogens is 228 g/mol. The van der Waals surface area contributed by atoms with Crippen LogP contribution in [0.15, 0.2) is 24.3 Å². The van der Waals surface area contributed by atoms with Gasteiger partial charge in [-0.1, -0.05) is 24.3 Å². The van der Waals surface area contributed by atoms with Gasteiger partial charge in [-0.05, 0) is 43.2 Å². The largest absolute Gasteiger partial charge is 0.466 e. The van der Waals surface area contributed by atoms with Crippen LogP contribution in [-0.2, 0) is 16.0 Å². The molecule has 1 aromatic rings. The van der Waals surface area contributed by atoms with Gasteiger partial charge in [0, 0.05) is 6.42 Å². The summed E-state index contributed by atoms with van der Waals surface area (Å²) in [6.07, 6.45) is 2.65. The van der Waals surface area contributed by atoms with Gasteiger partial charge in [0.25, 0.3) is 0 Å². The summed E-state index contributed by atoms with van der Waals surface area (Å²) in [6, 6.07) is 8.03. The number of fused-ring (bicyclic) bond motifs is 1. The fourth-order valence-corrected chi connectivity index (χ4v) is 2.66. The number of carbonyl (C=O) groups is 1. The molecule has 18 heavy (non-hydrogen) atoms. The molecule has 1 aromatic carbocycles. The molecule has 0 heterocycles. The molecule has 0 aromatic heterocycles. The smallest absolute Gasteiger partial charge is 0.305 e. The van der Waals surface area contributed by atoms with Gasteiger partial charge in [0.1, 0.15) is 0 Å². The Kier molecular flexibility index (Phi) is 4.37. The lowest BCUT2D eigenvalue weighted by molar-refractivity contribution is -0.143. The van der Waals surface area contributed by atoms with Gasteiger partial charge in [0.05, 0.1) is 12.7 Å². The number of hydrogen-bond donors (Lipinski definition) is 1. The first-order valence-corrected chi connectivity index (χ1v) is 6.64. The fourth-order valence-electron chi connectivity index (χ4n) is 2.66. The van der Waals surface area contributed by atoms with Gasteiger partial charge in [0.15, 0.2) is 0 Å². The topological polar surface area (TPSA) is 46.5 Å². The molecule has 1 N–H and O–H groups in total. The van der Waals surface area contributed by atoms with Crippen molar-refractivity contribution >= 4 is 5.97 Å². The zero-order valence-corrected chi connectivity index (χ0v) is 10.8. The van der Waals surface area contributed by atoms with Crippen molar-refractivity contribution in [1.29, 1.82) is 0 Å². The molecule has 98 valence electrons. The lowest BCUT2D eigenvalue weighted by Gasteiger charge is -2.14. The van der Waals surface area contributed by atoms with Crippen molar-refractivity contribution in [3.8, 4) is 0 Å². The molecule has 0 fully saturated rings. The number of ether oxygens (including phenoxy) is 1. The Hall–Kier alpha value is -1.35. The van der Waals surface area contributed by atoms with Crippen molar-refractivity contribution in [3.63, 3.8) is 0 Å². The van der Waals surface area contributed by atoms with Crippen LogP contribution in [0.25, 0.3) is 0 Å². The molecule has 0 radical (unpaired) electrons. The summed E-state index contributed by atoms with van der Waals surface area (Å²) in [5.74, 6) is 0.110. The maximum absolute atomic E-state index is 11.2. The molecule has 0 unspecified atom stereocenters. The van der Waals surface area contributed by atoms with Crippen LogP contribution >= 0.6 is 0 Å². The van der Waals surface area contributed by atoms with Gasteiger partial charge in [0.2, 0.25) is 0 Å². The molecule has 0 aliphatic heterocycles. The Morgan fingerprint density at radius 3 is 2.94 bits per heavy atom. The predicted molar refractivity (Wildman–Crippen MR) is 69.1 cm³/mol. The number of benzene rings is 1. The molecule has 0 bridgehead atoms. The summed E-state index contributed by atoms with van der Waals surface area (Å²) in [7, 11) is 0. The normalized spacial score (nSPS) is 21.7. The lowest BCUT2D eigenvalue weighted by atomic mass is 9.97. The summed E-state index contributed by atoms with van der Waals surface area (Å²) < 4.78 is 4.89. The van der Waals surface area contributed by atoms with E-state index in [1.807, 2.05) is 25.1 Å². The number of esters is 1. The average Bonchev–Trinajstić information content (AvgIpc) is 2.68. The number of aliphatic hydroxyl groups excluding tert-OH is 1. The van der Waals surface area contributed by atoms with Crippen LogP contribution in [-0.4, -0.2) is 17.7 Å². The van der Waals surface area contributed by atoms with Gasteiger partial charge in [-0.3, -0.25) is 4.79 Å². The second-order valence-corrected chi connectivity index (χ2v) is 4.81. The van der Waals surface area contributed by atoms with Gasteiger partial charge in [-0.25, -0.2) is 0 Å². The number of aliphatic hydroxyl groups is 1.